The molecule has 2 N–H and O–H groups in total. The minimum absolute atomic E-state index is 0.0620. The summed E-state index contributed by atoms with van der Waals surface area (Å²) in [5, 5.41) is 11.2. The van der Waals surface area contributed by atoms with Crippen LogP contribution >= 0.6 is 15.9 Å². The van der Waals surface area contributed by atoms with E-state index in [0.29, 0.717) is 25.3 Å². The van der Waals surface area contributed by atoms with E-state index in [0.717, 1.165) is 6.54 Å². The molecule has 0 saturated carbocycles. The summed E-state index contributed by atoms with van der Waals surface area (Å²) in [7, 11) is 1.97. The zero-order chi connectivity index (χ0) is 14.9. The number of nitrogens with zero attached hydrogens (tertiary/aromatic N) is 3. The molecule has 0 spiro atoms. The first kappa shape index (κ1) is 15.1. The van der Waals surface area contributed by atoms with Crippen molar-refractivity contribution in [3.8, 4) is 0 Å². The van der Waals surface area contributed by atoms with Crippen molar-refractivity contribution in [3.63, 3.8) is 0 Å². The van der Waals surface area contributed by atoms with Crippen LogP contribution in [0.25, 0.3) is 0 Å². The minimum Gasteiger partial charge on any atom is -0.359 e. The highest BCUT2D eigenvalue weighted by Crippen LogP contribution is 2.35. The number of likely N-dealkylation sites (N-methyl/N-ethyl adjacent to an activating group) is 1. The molecule has 2 rings (SSSR count). The molecule has 1 aromatic rings. The second-order valence-corrected chi connectivity index (χ2v) is 5.71. The first-order chi connectivity index (χ1) is 9.43. The van der Waals surface area contributed by atoms with Crippen LogP contribution in [0.5, 0.6) is 0 Å². The molecule has 1 aliphatic heterocycles. The molecular weight excluding hydrogens is 331 g/mol. The van der Waals surface area contributed by atoms with Gasteiger partial charge in [-0.2, -0.15) is 0 Å². The highest BCUT2D eigenvalue weighted by molar-refractivity contribution is 9.10. The van der Waals surface area contributed by atoms with Crippen molar-refractivity contribution in [1.82, 2.24) is 4.90 Å². The molecule has 110 valence electrons. The molecule has 0 aliphatic carbocycles. The lowest BCUT2D eigenvalue weighted by Crippen LogP contribution is -2.55. The number of nitro groups is 1. The summed E-state index contributed by atoms with van der Waals surface area (Å²) >= 11 is 2.98. The number of halogens is 2. The van der Waals surface area contributed by atoms with E-state index in [1.807, 2.05) is 11.9 Å². The molecule has 1 atom stereocenters. The maximum atomic E-state index is 13.7. The van der Waals surface area contributed by atoms with Crippen LogP contribution in [-0.4, -0.2) is 49.1 Å². The van der Waals surface area contributed by atoms with E-state index in [9.17, 15) is 14.5 Å². The Morgan fingerprint density at radius 2 is 2.25 bits per heavy atom. The maximum absolute atomic E-state index is 13.7. The Morgan fingerprint density at radius 1 is 1.55 bits per heavy atom. The molecule has 1 fully saturated rings. The van der Waals surface area contributed by atoms with E-state index in [-0.39, 0.29) is 16.2 Å². The van der Waals surface area contributed by atoms with Gasteiger partial charge in [-0.3, -0.25) is 10.1 Å². The fourth-order valence-electron chi connectivity index (χ4n) is 2.43. The van der Waals surface area contributed by atoms with Crippen LogP contribution in [-0.2, 0) is 0 Å². The normalized spacial score (nSPS) is 20.2. The number of rotatable bonds is 3. The average Bonchev–Trinajstić information content (AvgIpc) is 2.41. The minimum atomic E-state index is -0.514. The van der Waals surface area contributed by atoms with Gasteiger partial charge < -0.3 is 15.5 Å². The fourth-order valence-corrected chi connectivity index (χ4v) is 2.76. The third kappa shape index (κ3) is 2.92. The van der Waals surface area contributed by atoms with E-state index < -0.39 is 10.7 Å². The standard InChI is InChI=1S/C12H16BrFN4O2/c1-16-2-3-17(8(6-15)7-16)11-5-10(14)9(13)4-12(11)18(19)20/h4-5,8H,2-3,6-7,15H2,1H3. The Bertz CT molecular complexity index is 528. The Hall–Kier alpha value is -1.25. The molecule has 8 heteroatoms. The highest BCUT2D eigenvalue weighted by Gasteiger charge is 2.30. The van der Waals surface area contributed by atoms with Crippen LogP contribution in [0.2, 0.25) is 0 Å². The summed E-state index contributed by atoms with van der Waals surface area (Å²) in [6.45, 7) is 2.40. The van der Waals surface area contributed by atoms with Gasteiger partial charge in [0.15, 0.2) is 0 Å². The van der Waals surface area contributed by atoms with Crippen LogP contribution < -0.4 is 10.6 Å². The monoisotopic (exact) mass is 346 g/mol. The summed E-state index contributed by atoms with van der Waals surface area (Å²) in [5.41, 5.74) is 5.93. The molecule has 0 aromatic heterocycles. The molecular formula is C12H16BrFN4O2. The SMILES string of the molecule is CN1CCN(c2cc(F)c(Br)cc2[N+](=O)[O-])C(CN)C1. The van der Waals surface area contributed by atoms with Crippen LogP contribution in [0.3, 0.4) is 0 Å². The first-order valence-electron chi connectivity index (χ1n) is 6.22. The summed E-state index contributed by atoms with van der Waals surface area (Å²) in [6.07, 6.45) is 0. The quantitative estimate of drug-likeness (QED) is 0.664. The van der Waals surface area contributed by atoms with Gasteiger partial charge in [0.2, 0.25) is 0 Å². The van der Waals surface area contributed by atoms with Gasteiger partial charge in [0.25, 0.3) is 5.69 Å². The number of anilines is 1. The van der Waals surface area contributed by atoms with Crippen molar-refractivity contribution in [2.24, 2.45) is 5.73 Å². The van der Waals surface area contributed by atoms with Crippen molar-refractivity contribution in [1.29, 1.82) is 0 Å². The van der Waals surface area contributed by atoms with Gasteiger partial charge in [-0.1, -0.05) is 0 Å². The van der Waals surface area contributed by atoms with Crippen molar-refractivity contribution in [3.05, 3.63) is 32.5 Å². The summed E-state index contributed by atoms with van der Waals surface area (Å²) in [6, 6.07) is 2.35. The maximum Gasteiger partial charge on any atom is 0.293 e. The molecule has 1 aromatic carbocycles. The molecule has 0 amide bonds. The Labute approximate surface area is 124 Å². The van der Waals surface area contributed by atoms with Gasteiger partial charge in [0.1, 0.15) is 11.5 Å². The lowest BCUT2D eigenvalue weighted by atomic mass is 10.1. The lowest BCUT2D eigenvalue weighted by molar-refractivity contribution is -0.384. The van der Waals surface area contributed by atoms with Gasteiger partial charge in [-0.15, -0.1) is 0 Å². The number of benzene rings is 1. The van der Waals surface area contributed by atoms with E-state index in [1.165, 1.54) is 12.1 Å². The molecule has 0 radical (unpaired) electrons. The molecule has 1 saturated heterocycles. The molecule has 0 bridgehead atoms. The van der Waals surface area contributed by atoms with Crippen LogP contribution in [0, 0.1) is 15.9 Å². The predicted molar refractivity (Wildman–Crippen MR) is 78.4 cm³/mol. The van der Waals surface area contributed by atoms with Crippen LogP contribution in [0.1, 0.15) is 0 Å². The smallest absolute Gasteiger partial charge is 0.293 e. The van der Waals surface area contributed by atoms with Gasteiger partial charge in [-0.05, 0) is 23.0 Å². The van der Waals surface area contributed by atoms with Gasteiger partial charge in [-0.25, -0.2) is 4.39 Å². The van der Waals surface area contributed by atoms with E-state index >= 15 is 0 Å². The van der Waals surface area contributed by atoms with Crippen molar-refractivity contribution in [2.75, 3.05) is 38.1 Å². The highest BCUT2D eigenvalue weighted by atomic mass is 79.9. The third-order valence-electron chi connectivity index (χ3n) is 3.48. The number of nitro benzene ring substituents is 1. The second kappa shape index (κ2) is 6.02. The summed E-state index contributed by atoms with van der Waals surface area (Å²) < 4.78 is 13.8. The van der Waals surface area contributed by atoms with Gasteiger partial charge in [0, 0.05) is 38.3 Å². The number of nitrogens with two attached hydrogens (primary N) is 1. The first-order valence-corrected chi connectivity index (χ1v) is 7.02. The Kier molecular flexibility index (Phi) is 4.56. The molecule has 1 aliphatic rings. The van der Waals surface area contributed by atoms with Crippen molar-refractivity contribution < 1.29 is 9.31 Å². The number of hydrogen-bond acceptors (Lipinski definition) is 5. The topological polar surface area (TPSA) is 75.6 Å². The zero-order valence-corrected chi connectivity index (χ0v) is 12.6. The largest absolute Gasteiger partial charge is 0.359 e. The van der Waals surface area contributed by atoms with E-state index in [4.69, 9.17) is 5.73 Å². The van der Waals surface area contributed by atoms with Crippen LogP contribution in [0.4, 0.5) is 15.8 Å². The Morgan fingerprint density at radius 3 is 2.85 bits per heavy atom. The van der Waals surface area contributed by atoms with Gasteiger partial charge in [0.05, 0.1) is 15.4 Å². The molecule has 6 nitrogen and oxygen atoms in total. The number of hydrogen-bond donors (Lipinski definition) is 1. The lowest BCUT2D eigenvalue weighted by Gasteiger charge is -2.40. The molecule has 1 unspecified atom stereocenters. The third-order valence-corrected chi connectivity index (χ3v) is 4.09. The molecule has 1 heterocycles. The van der Waals surface area contributed by atoms with E-state index in [1.54, 1.807) is 0 Å². The van der Waals surface area contributed by atoms with Crippen molar-refractivity contribution >= 4 is 27.3 Å². The molecule has 20 heavy (non-hydrogen) atoms. The average molecular weight is 347 g/mol. The Balaban J connectivity index is 2.45. The zero-order valence-electron chi connectivity index (χ0n) is 11.1. The van der Waals surface area contributed by atoms with Gasteiger partial charge >= 0.3 is 0 Å². The fraction of sp³-hybridized carbons (Fsp3) is 0.500. The summed E-state index contributed by atoms with van der Waals surface area (Å²) in [4.78, 5) is 14.6. The number of piperazine rings is 1. The van der Waals surface area contributed by atoms with Crippen molar-refractivity contribution in [2.45, 2.75) is 6.04 Å². The van der Waals surface area contributed by atoms with E-state index in [2.05, 4.69) is 20.8 Å². The second-order valence-electron chi connectivity index (χ2n) is 4.86. The summed E-state index contributed by atoms with van der Waals surface area (Å²) in [5.74, 6) is -0.514. The van der Waals surface area contributed by atoms with Crippen LogP contribution in [0.15, 0.2) is 16.6 Å². The predicted octanol–water partition coefficient (Wildman–Crippen LogP) is 1.58.